The molecule has 0 atom stereocenters. The lowest BCUT2D eigenvalue weighted by molar-refractivity contribution is -0.384. The number of aliphatic carboxylic acids is 1. The van der Waals surface area contributed by atoms with Gasteiger partial charge in [-0.15, -0.1) is 0 Å². The molecular weight excluding hydrogens is 260 g/mol. The van der Waals surface area contributed by atoms with Crippen LogP contribution in [-0.4, -0.2) is 35.6 Å². The summed E-state index contributed by atoms with van der Waals surface area (Å²) >= 11 is 0. The number of hydrogen-bond acceptors (Lipinski definition) is 6. The number of carbonyl (C=O) groups is 2. The smallest absolute Gasteiger partial charge is 0.332 e. The van der Waals surface area contributed by atoms with Gasteiger partial charge in [-0.25, -0.2) is 10.3 Å². The molecule has 0 heterocycles. The third-order valence-electron chi connectivity index (χ3n) is 2.00. The fraction of sp³-hybridized carbons (Fsp3) is 0.200. The number of non-ortho nitro benzene ring substituents is 1. The van der Waals surface area contributed by atoms with Crippen LogP contribution in [0.3, 0.4) is 0 Å². The number of nitro benzene ring substituents is 1. The highest BCUT2D eigenvalue weighted by Crippen LogP contribution is 2.24. The van der Waals surface area contributed by atoms with Crippen LogP contribution in [0.25, 0.3) is 0 Å². The lowest BCUT2D eigenvalue weighted by atomic mass is 10.1. The van der Waals surface area contributed by atoms with E-state index in [1.807, 2.05) is 5.48 Å². The number of nitrogens with zero attached hydrogens (tertiary/aromatic N) is 1. The fourth-order valence-corrected chi connectivity index (χ4v) is 1.20. The molecule has 0 aliphatic rings. The molecule has 19 heavy (non-hydrogen) atoms. The van der Waals surface area contributed by atoms with Crippen molar-refractivity contribution in [2.75, 3.05) is 13.7 Å². The summed E-state index contributed by atoms with van der Waals surface area (Å²) in [7, 11) is 1.24. The highest BCUT2D eigenvalue weighted by Gasteiger charge is 2.17. The largest absolute Gasteiger partial charge is 0.496 e. The second-order valence-electron chi connectivity index (χ2n) is 3.26. The zero-order chi connectivity index (χ0) is 14.4. The SMILES string of the molecule is COc1cc([N+](=O)[O-])ccc1C(=O)NOCC(=O)O. The average molecular weight is 270 g/mol. The van der Waals surface area contributed by atoms with Crippen LogP contribution < -0.4 is 10.2 Å². The van der Waals surface area contributed by atoms with Gasteiger partial charge in [-0.05, 0) is 6.07 Å². The van der Waals surface area contributed by atoms with Crippen molar-refractivity contribution in [3.05, 3.63) is 33.9 Å². The Morgan fingerprint density at radius 1 is 1.47 bits per heavy atom. The van der Waals surface area contributed by atoms with Crippen molar-refractivity contribution in [1.82, 2.24) is 5.48 Å². The van der Waals surface area contributed by atoms with Crippen molar-refractivity contribution in [2.24, 2.45) is 0 Å². The van der Waals surface area contributed by atoms with Gasteiger partial charge in [0.1, 0.15) is 5.75 Å². The number of rotatable bonds is 6. The molecule has 0 spiro atoms. The molecule has 0 saturated heterocycles. The Kier molecular flexibility index (Phi) is 4.77. The second-order valence-corrected chi connectivity index (χ2v) is 3.26. The van der Waals surface area contributed by atoms with Gasteiger partial charge in [-0.3, -0.25) is 19.7 Å². The van der Waals surface area contributed by atoms with E-state index in [0.29, 0.717) is 0 Å². The molecule has 1 amide bonds. The van der Waals surface area contributed by atoms with Crippen molar-refractivity contribution < 1.29 is 29.2 Å². The van der Waals surface area contributed by atoms with Gasteiger partial charge in [0.2, 0.25) is 0 Å². The predicted molar refractivity (Wildman–Crippen MR) is 60.7 cm³/mol. The Morgan fingerprint density at radius 3 is 2.68 bits per heavy atom. The van der Waals surface area contributed by atoms with Gasteiger partial charge in [-0.1, -0.05) is 0 Å². The van der Waals surface area contributed by atoms with Crippen LogP contribution in [0.4, 0.5) is 5.69 Å². The van der Waals surface area contributed by atoms with Crippen LogP contribution in [0, 0.1) is 10.1 Å². The lowest BCUT2D eigenvalue weighted by Gasteiger charge is -2.08. The minimum Gasteiger partial charge on any atom is -0.496 e. The molecule has 1 aromatic rings. The molecule has 0 fully saturated rings. The van der Waals surface area contributed by atoms with E-state index in [9.17, 15) is 19.7 Å². The minimum absolute atomic E-state index is 0.0153. The van der Waals surface area contributed by atoms with E-state index in [-0.39, 0.29) is 17.0 Å². The summed E-state index contributed by atoms with van der Waals surface area (Å²) in [6.07, 6.45) is 0. The number of hydroxylamine groups is 1. The van der Waals surface area contributed by atoms with E-state index < -0.39 is 23.4 Å². The van der Waals surface area contributed by atoms with Crippen molar-refractivity contribution in [3.63, 3.8) is 0 Å². The van der Waals surface area contributed by atoms with E-state index in [2.05, 4.69) is 4.84 Å². The zero-order valence-electron chi connectivity index (χ0n) is 9.78. The minimum atomic E-state index is -1.25. The number of nitro groups is 1. The summed E-state index contributed by atoms with van der Waals surface area (Å²) in [5.74, 6) is -2.05. The van der Waals surface area contributed by atoms with E-state index in [4.69, 9.17) is 9.84 Å². The van der Waals surface area contributed by atoms with Gasteiger partial charge >= 0.3 is 5.97 Å². The molecular formula is C10H10N2O7. The molecule has 9 nitrogen and oxygen atoms in total. The number of amides is 1. The highest BCUT2D eigenvalue weighted by molar-refractivity contribution is 5.96. The molecule has 2 N–H and O–H groups in total. The molecule has 0 aliphatic carbocycles. The Labute approximate surface area is 106 Å². The standard InChI is InChI=1S/C10H10N2O7/c1-18-8-4-6(12(16)17)2-3-7(8)10(15)11-19-5-9(13)14/h2-4H,5H2,1H3,(H,11,15)(H,13,14). The summed E-state index contributed by atoms with van der Waals surface area (Å²) < 4.78 is 4.85. The molecule has 0 radical (unpaired) electrons. The molecule has 0 bridgehead atoms. The lowest BCUT2D eigenvalue weighted by Crippen LogP contribution is -2.27. The van der Waals surface area contributed by atoms with Gasteiger partial charge in [0.15, 0.2) is 6.61 Å². The first-order valence-corrected chi connectivity index (χ1v) is 4.92. The normalized spacial score (nSPS) is 9.74. The van der Waals surface area contributed by atoms with Crippen LogP contribution in [0.5, 0.6) is 5.75 Å². The van der Waals surface area contributed by atoms with Crippen LogP contribution >= 0.6 is 0 Å². The van der Waals surface area contributed by atoms with Crippen molar-refractivity contribution >= 4 is 17.6 Å². The second kappa shape index (κ2) is 6.31. The highest BCUT2D eigenvalue weighted by atomic mass is 16.7. The quantitative estimate of drug-likeness (QED) is 0.563. The van der Waals surface area contributed by atoms with Crippen LogP contribution in [-0.2, 0) is 9.63 Å². The summed E-state index contributed by atoms with van der Waals surface area (Å²) in [4.78, 5) is 36.1. The van der Waals surface area contributed by atoms with Crippen molar-refractivity contribution in [2.45, 2.75) is 0 Å². The molecule has 1 aromatic carbocycles. The van der Waals surface area contributed by atoms with Gasteiger partial charge in [-0.2, -0.15) is 0 Å². The molecule has 9 heteroatoms. The first-order chi connectivity index (χ1) is 8.95. The third kappa shape index (κ3) is 3.92. The first-order valence-electron chi connectivity index (χ1n) is 4.92. The van der Waals surface area contributed by atoms with Gasteiger partial charge < -0.3 is 9.84 Å². The molecule has 0 saturated carbocycles. The zero-order valence-corrected chi connectivity index (χ0v) is 9.78. The molecule has 0 aliphatic heterocycles. The van der Waals surface area contributed by atoms with Gasteiger partial charge in [0.05, 0.1) is 23.7 Å². The van der Waals surface area contributed by atoms with Crippen LogP contribution in [0.2, 0.25) is 0 Å². The predicted octanol–water partition coefficient (Wildman–Crippen LogP) is 0.349. The topological polar surface area (TPSA) is 128 Å². The Bertz CT molecular complexity index is 515. The number of carbonyl (C=O) groups excluding carboxylic acids is 1. The maximum absolute atomic E-state index is 11.6. The monoisotopic (exact) mass is 270 g/mol. The van der Waals surface area contributed by atoms with Crippen LogP contribution in [0.15, 0.2) is 18.2 Å². The fourth-order valence-electron chi connectivity index (χ4n) is 1.20. The number of nitrogens with one attached hydrogen (secondary N) is 1. The summed E-state index contributed by atoms with van der Waals surface area (Å²) in [5, 5.41) is 18.9. The van der Waals surface area contributed by atoms with E-state index >= 15 is 0 Å². The number of methoxy groups -OCH3 is 1. The number of carboxylic acids is 1. The molecule has 102 valence electrons. The number of ether oxygens (including phenoxy) is 1. The van der Waals surface area contributed by atoms with Crippen LogP contribution in [0.1, 0.15) is 10.4 Å². The maximum Gasteiger partial charge on any atom is 0.332 e. The van der Waals surface area contributed by atoms with Crippen molar-refractivity contribution in [3.8, 4) is 5.75 Å². The summed E-state index contributed by atoms with van der Waals surface area (Å²) in [5.41, 5.74) is 1.63. The van der Waals surface area contributed by atoms with Gasteiger partial charge in [0.25, 0.3) is 11.6 Å². The Morgan fingerprint density at radius 2 is 2.16 bits per heavy atom. The Balaban J connectivity index is 2.84. The Hall–Kier alpha value is -2.68. The van der Waals surface area contributed by atoms with E-state index in [1.165, 1.54) is 13.2 Å². The molecule has 0 unspecified atom stereocenters. The number of benzene rings is 1. The average Bonchev–Trinajstić information content (AvgIpc) is 2.37. The summed E-state index contributed by atoms with van der Waals surface area (Å²) in [6.45, 7) is -0.707. The molecule has 1 rings (SSSR count). The first kappa shape index (κ1) is 14.4. The van der Waals surface area contributed by atoms with E-state index in [0.717, 1.165) is 12.1 Å². The van der Waals surface area contributed by atoms with Gasteiger partial charge in [0, 0.05) is 6.07 Å². The van der Waals surface area contributed by atoms with Crippen molar-refractivity contribution in [1.29, 1.82) is 0 Å². The number of hydrogen-bond donors (Lipinski definition) is 2. The van der Waals surface area contributed by atoms with E-state index in [1.54, 1.807) is 0 Å². The third-order valence-corrected chi connectivity index (χ3v) is 2.00. The summed E-state index contributed by atoms with van der Waals surface area (Å²) in [6, 6.07) is 3.37. The molecule has 0 aromatic heterocycles. The maximum atomic E-state index is 11.6. The number of carboxylic acid groups (broad SMARTS) is 1.